The largest absolute Gasteiger partial charge is 0.393 e. The first-order chi connectivity index (χ1) is 10.5. The lowest BCUT2D eigenvalue weighted by Gasteiger charge is -2.14. The maximum Gasteiger partial charge on any atom is 0.253 e. The summed E-state index contributed by atoms with van der Waals surface area (Å²) in [6.07, 6.45) is 0.170. The second-order valence-electron chi connectivity index (χ2n) is 5.70. The molecule has 4 nitrogen and oxygen atoms in total. The van der Waals surface area contributed by atoms with E-state index in [1.807, 2.05) is 49.7 Å². The van der Waals surface area contributed by atoms with Crippen LogP contribution in [0.3, 0.4) is 0 Å². The number of nitrogens with zero attached hydrogens (tertiary/aromatic N) is 1. The van der Waals surface area contributed by atoms with Gasteiger partial charge in [0.15, 0.2) is 0 Å². The number of pyridine rings is 1. The Hall–Kier alpha value is -1.72. The number of aliphatic hydroxyl groups excluding tert-OH is 1. The molecule has 1 atom stereocenters. The molecular weight excluding hydrogens is 296 g/mol. The zero-order valence-corrected chi connectivity index (χ0v) is 14.0. The maximum atomic E-state index is 12.2. The van der Waals surface area contributed by atoms with Gasteiger partial charge in [-0.15, -0.1) is 0 Å². The average molecular weight is 318 g/mol. The van der Waals surface area contributed by atoms with Crippen molar-refractivity contribution in [1.29, 1.82) is 0 Å². The van der Waals surface area contributed by atoms with Gasteiger partial charge in [0.2, 0.25) is 0 Å². The number of hydrogen-bond acceptors (Lipinski definition) is 4. The number of aliphatic hydroxyl groups is 1. The second kappa shape index (κ2) is 7.51. The number of aryl methyl sites for hydroxylation is 1. The third-order valence-corrected chi connectivity index (χ3v) is 4.33. The number of amides is 1. The third kappa shape index (κ3) is 4.15. The Bertz CT molecular complexity index is 624. The van der Waals surface area contributed by atoms with Crippen molar-refractivity contribution in [1.82, 2.24) is 10.3 Å². The number of carbonyl (C=O) groups is 1. The van der Waals surface area contributed by atoms with Crippen LogP contribution in [-0.2, 0) is 0 Å². The SMILES string of the molecule is Cc1nc(-c2ccsc2)ccc1C(=O)NCCC(O)C(C)C. The summed E-state index contributed by atoms with van der Waals surface area (Å²) in [6, 6.07) is 5.69. The fourth-order valence-electron chi connectivity index (χ4n) is 2.13. The minimum atomic E-state index is -0.388. The fraction of sp³-hybridized carbons (Fsp3) is 0.412. The highest BCUT2D eigenvalue weighted by Gasteiger charge is 2.13. The zero-order valence-electron chi connectivity index (χ0n) is 13.2. The van der Waals surface area contributed by atoms with Crippen molar-refractivity contribution in [3.8, 4) is 11.3 Å². The van der Waals surface area contributed by atoms with E-state index in [2.05, 4.69) is 10.3 Å². The molecule has 2 heterocycles. The minimum absolute atomic E-state index is 0.141. The lowest BCUT2D eigenvalue weighted by atomic mass is 10.0. The van der Waals surface area contributed by atoms with Gasteiger partial charge in [0, 0.05) is 17.5 Å². The molecule has 2 rings (SSSR count). The van der Waals surface area contributed by atoms with E-state index >= 15 is 0 Å². The molecule has 0 aromatic carbocycles. The minimum Gasteiger partial charge on any atom is -0.393 e. The van der Waals surface area contributed by atoms with Crippen LogP contribution in [0, 0.1) is 12.8 Å². The smallest absolute Gasteiger partial charge is 0.253 e. The number of hydrogen-bond donors (Lipinski definition) is 2. The van der Waals surface area contributed by atoms with Gasteiger partial charge in [-0.1, -0.05) is 13.8 Å². The van der Waals surface area contributed by atoms with E-state index in [4.69, 9.17) is 0 Å². The van der Waals surface area contributed by atoms with Crippen LogP contribution in [0.2, 0.25) is 0 Å². The molecule has 2 aromatic heterocycles. The molecule has 0 aliphatic rings. The Balaban J connectivity index is 1.99. The van der Waals surface area contributed by atoms with Gasteiger partial charge in [-0.05, 0) is 42.8 Å². The van der Waals surface area contributed by atoms with Gasteiger partial charge in [-0.25, -0.2) is 0 Å². The molecule has 1 amide bonds. The van der Waals surface area contributed by atoms with Gasteiger partial charge in [0.1, 0.15) is 0 Å². The van der Waals surface area contributed by atoms with Crippen LogP contribution in [0.4, 0.5) is 0 Å². The molecule has 2 aromatic rings. The molecule has 0 radical (unpaired) electrons. The standard InChI is InChI=1S/C17H22N2O2S/c1-11(2)16(20)6-8-18-17(21)14-4-5-15(19-12(14)3)13-7-9-22-10-13/h4-5,7,9-11,16,20H,6,8H2,1-3H3,(H,18,21). The third-order valence-electron chi connectivity index (χ3n) is 3.64. The molecule has 0 spiro atoms. The summed E-state index contributed by atoms with van der Waals surface area (Å²) in [5.41, 5.74) is 3.24. The highest BCUT2D eigenvalue weighted by molar-refractivity contribution is 7.08. The molecule has 0 fully saturated rings. The quantitative estimate of drug-likeness (QED) is 0.859. The summed E-state index contributed by atoms with van der Waals surface area (Å²) in [4.78, 5) is 16.7. The maximum absolute atomic E-state index is 12.2. The first kappa shape index (κ1) is 16.6. The molecule has 0 saturated heterocycles. The summed E-state index contributed by atoms with van der Waals surface area (Å²) in [5.74, 6) is 0.0584. The molecule has 0 saturated carbocycles. The summed E-state index contributed by atoms with van der Waals surface area (Å²) in [5, 5.41) is 16.6. The van der Waals surface area contributed by atoms with Crippen LogP contribution in [-0.4, -0.2) is 28.6 Å². The van der Waals surface area contributed by atoms with Crippen molar-refractivity contribution in [2.24, 2.45) is 5.92 Å². The fourth-order valence-corrected chi connectivity index (χ4v) is 2.78. The van der Waals surface area contributed by atoms with Crippen LogP contribution >= 0.6 is 11.3 Å². The van der Waals surface area contributed by atoms with Gasteiger partial charge in [0.25, 0.3) is 5.91 Å². The molecule has 5 heteroatoms. The number of aromatic nitrogens is 1. The van der Waals surface area contributed by atoms with Crippen LogP contribution in [0.5, 0.6) is 0 Å². The van der Waals surface area contributed by atoms with Gasteiger partial charge in [0.05, 0.1) is 23.1 Å². The van der Waals surface area contributed by atoms with Crippen molar-refractivity contribution in [2.75, 3.05) is 6.54 Å². The van der Waals surface area contributed by atoms with Crippen LogP contribution in [0.15, 0.2) is 29.0 Å². The summed E-state index contributed by atoms with van der Waals surface area (Å²) >= 11 is 1.62. The predicted octanol–water partition coefficient (Wildman–Crippen LogP) is 3.26. The van der Waals surface area contributed by atoms with Crippen molar-refractivity contribution < 1.29 is 9.90 Å². The molecule has 2 N–H and O–H groups in total. The van der Waals surface area contributed by atoms with Crippen molar-refractivity contribution in [3.05, 3.63) is 40.2 Å². The van der Waals surface area contributed by atoms with E-state index in [9.17, 15) is 9.90 Å². The van der Waals surface area contributed by atoms with Crippen molar-refractivity contribution in [2.45, 2.75) is 33.3 Å². The first-order valence-corrected chi connectivity index (χ1v) is 8.39. The number of rotatable bonds is 6. The highest BCUT2D eigenvalue weighted by atomic mass is 32.1. The lowest BCUT2D eigenvalue weighted by Crippen LogP contribution is -2.29. The Morgan fingerprint density at radius 3 is 2.73 bits per heavy atom. The highest BCUT2D eigenvalue weighted by Crippen LogP contribution is 2.21. The Labute approximate surface area is 135 Å². The zero-order chi connectivity index (χ0) is 16.1. The molecule has 1 unspecified atom stereocenters. The summed E-state index contributed by atoms with van der Waals surface area (Å²) < 4.78 is 0. The van der Waals surface area contributed by atoms with E-state index < -0.39 is 0 Å². The number of thiophene rings is 1. The Morgan fingerprint density at radius 2 is 2.14 bits per heavy atom. The molecule has 22 heavy (non-hydrogen) atoms. The normalized spacial score (nSPS) is 12.4. The molecular formula is C17H22N2O2S. The van der Waals surface area contributed by atoms with E-state index in [0.29, 0.717) is 24.2 Å². The monoisotopic (exact) mass is 318 g/mol. The van der Waals surface area contributed by atoms with E-state index in [1.54, 1.807) is 11.3 Å². The molecule has 0 aliphatic heterocycles. The first-order valence-electron chi connectivity index (χ1n) is 7.45. The molecule has 118 valence electrons. The van der Waals surface area contributed by atoms with Crippen LogP contribution in [0.25, 0.3) is 11.3 Å². The summed E-state index contributed by atoms with van der Waals surface area (Å²) in [7, 11) is 0. The van der Waals surface area contributed by atoms with Crippen LogP contribution in [0.1, 0.15) is 36.3 Å². The average Bonchev–Trinajstić information content (AvgIpc) is 3.00. The van der Waals surface area contributed by atoms with Crippen molar-refractivity contribution >= 4 is 17.2 Å². The van der Waals surface area contributed by atoms with Crippen LogP contribution < -0.4 is 5.32 Å². The summed E-state index contributed by atoms with van der Waals surface area (Å²) in [6.45, 7) is 6.23. The van der Waals surface area contributed by atoms with Gasteiger partial charge in [-0.2, -0.15) is 11.3 Å². The van der Waals surface area contributed by atoms with E-state index in [-0.39, 0.29) is 17.9 Å². The Morgan fingerprint density at radius 1 is 1.36 bits per heavy atom. The predicted molar refractivity (Wildman–Crippen MR) is 90.1 cm³/mol. The van der Waals surface area contributed by atoms with E-state index in [0.717, 1.165) is 11.3 Å². The Kier molecular flexibility index (Phi) is 5.69. The van der Waals surface area contributed by atoms with E-state index in [1.165, 1.54) is 0 Å². The van der Waals surface area contributed by atoms with Gasteiger partial charge < -0.3 is 10.4 Å². The molecule has 0 aliphatic carbocycles. The van der Waals surface area contributed by atoms with Crippen molar-refractivity contribution in [3.63, 3.8) is 0 Å². The molecule has 0 bridgehead atoms. The number of nitrogens with one attached hydrogen (secondary N) is 1. The number of carbonyl (C=O) groups excluding carboxylic acids is 1. The van der Waals surface area contributed by atoms with Gasteiger partial charge in [-0.3, -0.25) is 9.78 Å². The lowest BCUT2D eigenvalue weighted by molar-refractivity contribution is 0.0919. The van der Waals surface area contributed by atoms with Gasteiger partial charge >= 0.3 is 0 Å². The second-order valence-corrected chi connectivity index (χ2v) is 6.48. The topological polar surface area (TPSA) is 62.2 Å².